The van der Waals surface area contributed by atoms with E-state index in [1.807, 2.05) is 12.4 Å². The Balaban J connectivity index is 0.000000292. The molecule has 5 rings (SSSR count). The summed E-state index contributed by atoms with van der Waals surface area (Å²) in [5.41, 5.74) is 10.2. The van der Waals surface area contributed by atoms with Gasteiger partial charge in [0.05, 0.1) is 0 Å². The molecule has 0 spiro atoms. The zero-order valence-corrected chi connectivity index (χ0v) is 22.8. The molecule has 3 aromatic carbocycles. The maximum absolute atomic E-state index is 4.08. The van der Waals surface area contributed by atoms with E-state index in [1.165, 1.54) is 44.2 Å². The van der Waals surface area contributed by atoms with Crippen LogP contribution in [0.3, 0.4) is 0 Å². The Hall–Kier alpha value is -1.51. The van der Waals surface area contributed by atoms with Crippen LogP contribution in [-0.2, 0) is 26.2 Å². The van der Waals surface area contributed by atoms with Gasteiger partial charge in [-0.25, -0.2) is 0 Å². The number of rotatable bonds is 2. The van der Waals surface area contributed by atoms with Gasteiger partial charge >= 0.3 is 26.2 Å². The fourth-order valence-corrected chi connectivity index (χ4v) is 4.49. The Morgan fingerprint density at radius 1 is 0.903 bits per heavy atom. The van der Waals surface area contributed by atoms with Crippen molar-refractivity contribution >= 4 is 31.1 Å². The van der Waals surface area contributed by atoms with Crippen LogP contribution in [0.1, 0.15) is 5.56 Å². The SMILES string of the molecule is C[Si](C)=CC1=CC2=CN=CC2=C1.Cc1cc2c(-c3ccccc3)cccc2[cH-]1.[Cl-].[Cl-].[Zr+3]. The van der Waals surface area contributed by atoms with Gasteiger partial charge in [-0.15, -0.1) is 34.5 Å². The molecule has 0 bridgehead atoms. The molecule has 1 nitrogen and oxygen atoms in total. The molecule has 5 heteroatoms. The van der Waals surface area contributed by atoms with Crippen molar-refractivity contribution in [2.45, 2.75) is 20.0 Å². The Morgan fingerprint density at radius 2 is 1.65 bits per heavy atom. The van der Waals surface area contributed by atoms with Crippen LogP contribution in [0.25, 0.3) is 21.9 Å². The van der Waals surface area contributed by atoms with E-state index in [9.17, 15) is 0 Å². The molecule has 31 heavy (non-hydrogen) atoms. The second-order valence-electron chi connectivity index (χ2n) is 7.54. The zero-order chi connectivity index (χ0) is 19.5. The molecule has 1 aliphatic carbocycles. The summed E-state index contributed by atoms with van der Waals surface area (Å²) in [7, 11) is -0.257. The summed E-state index contributed by atoms with van der Waals surface area (Å²) >= 11 is 0. The summed E-state index contributed by atoms with van der Waals surface area (Å²) in [5.74, 6) is 0. The second kappa shape index (κ2) is 12.5. The average molecular weight is 541 g/mol. The molecule has 1 heterocycles. The van der Waals surface area contributed by atoms with Crippen LogP contribution in [0.5, 0.6) is 0 Å². The Morgan fingerprint density at radius 3 is 2.32 bits per heavy atom. The third-order valence-electron chi connectivity index (χ3n) is 4.84. The first-order chi connectivity index (χ1) is 13.6. The summed E-state index contributed by atoms with van der Waals surface area (Å²) < 4.78 is 0. The fourth-order valence-electron chi connectivity index (χ4n) is 3.66. The Kier molecular flexibility index (Phi) is 11.1. The quantitative estimate of drug-likeness (QED) is 0.332. The number of allylic oxidation sites excluding steroid dienone is 5. The number of benzene rings is 2. The zero-order valence-electron chi connectivity index (χ0n) is 17.9. The minimum atomic E-state index is -0.257. The van der Waals surface area contributed by atoms with E-state index in [0.717, 1.165) is 0 Å². The van der Waals surface area contributed by atoms with Gasteiger partial charge < -0.3 is 24.8 Å². The first-order valence-corrected chi connectivity index (χ1v) is 12.2. The molecular formula is C26H24Cl2NSiZr. The van der Waals surface area contributed by atoms with E-state index in [0.29, 0.717) is 0 Å². The average Bonchev–Trinajstić information content (AvgIpc) is 3.35. The molecule has 0 saturated heterocycles. The second-order valence-corrected chi connectivity index (χ2v) is 9.98. The summed E-state index contributed by atoms with van der Waals surface area (Å²) in [6, 6.07) is 21.6. The fraction of sp³-hybridized carbons (Fsp3) is 0.115. The summed E-state index contributed by atoms with van der Waals surface area (Å²) in [6.07, 6.45) is 8.26. The van der Waals surface area contributed by atoms with E-state index in [1.54, 1.807) is 0 Å². The minimum absolute atomic E-state index is 0. The number of fused-ring (bicyclic) bond motifs is 2. The standard InChI is InChI=1S/C16H13.C10H11NSi.2ClH.Zr/c1-12-10-14-8-5-9-15(16(14)11-12)13-6-3-2-4-7-13;1-12(2)7-8-3-9-5-11-6-10(9)4-8;;;/h2-11H,1H3;3-7H,1-2H3;2*1H;/q-1;;;;+3/p-2. The van der Waals surface area contributed by atoms with E-state index in [-0.39, 0.29) is 59.4 Å². The third kappa shape index (κ3) is 6.73. The summed E-state index contributed by atoms with van der Waals surface area (Å²) in [5, 5.41) is 2.69. The van der Waals surface area contributed by atoms with Gasteiger partial charge in [0.2, 0.25) is 0 Å². The van der Waals surface area contributed by atoms with Crippen LogP contribution >= 0.6 is 0 Å². The molecule has 0 unspecified atom stereocenters. The molecule has 2 aliphatic rings. The van der Waals surface area contributed by atoms with Gasteiger partial charge in [-0.05, 0) is 23.3 Å². The van der Waals surface area contributed by atoms with Crippen LogP contribution in [0, 0.1) is 6.92 Å². The molecular weight excluding hydrogens is 517 g/mol. The number of hydrogen-bond acceptors (Lipinski definition) is 1. The number of nitrogens with zero attached hydrogens (tertiary/aromatic N) is 1. The van der Waals surface area contributed by atoms with Crippen molar-refractivity contribution in [3.8, 4) is 11.1 Å². The maximum atomic E-state index is 4.08. The molecule has 0 fully saturated rings. The van der Waals surface area contributed by atoms with E-state index >= 15 is 0 Å². The number of aliphatic imine (C=N–C) groups is 1. The van der Waals surface area contributed by atoms with Crippen molar-refractivity contribution in [3.05, 3.63) is 101 Å². The molecule has 0 N–H and O–H groups in total. The molecule has 3 aromatic rings. The monoisotopic (exact) mass is 538 g/mol. The molecule has 0 amide bonds. The van der Waals surface area contributed by atoms with Crippen molar-refractivity contribution in [1.82, 2.24) is 0 Å². The molecule has 1 radical (unpaired) electrons. The van der Waals surface area contributed by atoms with Gasteiger partial charge in [0.25, 0.3) is 0 Å². The van der Waals surface area contributed by atoms with Crippen LogP contribution in [-0.4, -0.2) is 20.3 Å². The van der Waals surface area contributed by atoms with Crippen LogP contribution in [0.4, 0.5) is 0 Å². The van der Waals surface area contributed by atoms with Crippen molar-refractivity contribution < 1.29 is 51.0 Å². The normalized spacial score (nSPS) is 12.7. The number of halogens is 2. The molecule has 0 saturated carbocycles. The molecule has 155 valence electrons. The number of hydrogen-bond donors (Lipinski definition) is 0. The van der Waals surface area contributed by atoms with E-state index in [2.05, 4.69) is 103 Å². The van der Waals surface area contributed by atoms with Crippen molar-refractivity contribution in [2.24, 2.45) is 4.99 Å². The van der Waals surface area contributed by atoms with Crippen LogP contribution < -0.4 is 24.8 Å². The van der Waals surface area contributed by atoms with E-state index in [4.69, 9.17) is 0 Å². The Labute approximate surface area is 218 Å². The third-order valence-corrected chi connectivity index (χ3v) is 5.75. The summed E-state index contributed by atoms with van der Waals surface area (Å²) in [4.78, 5) is 4.08. The maximum Gasteiger partial charge on any atom is 3.00 e. The van der Waals surface area contributed by atoms with Crippen molar-refractivity contribution in [3.63, 3.8) is 0 Å². The van der Waals surface area contributed by atoms with Crippen LogP contribution in [0.2, 0.25) is 13.1 Å². The molecule has 0 atom stereocenters. The van der Waals surface area contributed by atoms with Crippen molar-refractivity contribution in [2.75, 3.05) is 0 Å². The van der Waals surface area contributed by atoms with Gasteiger partial charge in [-0.3, -0.25) is 4.99 Å². The predicted octanol–water partition coefficient (Wildman–Crippen LogP) is 0.499. The van der Waals surface area contributed by atoms with Gasteiger partial charge in [0.15, 0.2) is 0 Å². The van der Waals surface area contributed by atoms with Gasteiger partial charge in [0, 0.05) is 32.0 Å². The summed E-state index contributed by atoms with van der Waals surface area (Å²) in [6.45, 7) is 6.73. The largest absolute Gasteiger partial charge is 3.00 e. The van der Waals surface area contributed by atoms with E-state index < -0.39 is 0 Å². The number of aryl methyl sites for hydroxylation is 1. The Bertz CT molecular complexity index is 1180. The molecule has 1 aliphatic heterocycles. The smallest absolute Gasteiger partial charge is 1.00 e. The first-order valence-electron chi connectivity index (χ1n) is 9.64. The van der Waals surface area contributed by atoms with Gasteiger partial charge in [-0.2, -0.15) is 6.07 Å². The minimum Gasteiger partial charge on any atom is -1.00 e. The molecule has 0 aromatic heterocycles. The van der Waals surface area contributed by atoms with Gasteiger partial charge in [-0.1, -0.05) is 67.7 Å². The van der Waals surface area contributed by atoms with Crippen molar-refractivity contribution in [1.29, 1.82) is 0 Å². The topological polar surface area (TPSA) is 12.4 Å². The predicted molar refractivity (Wildman–Crippen MR) is 126 cm³/mol. The van der Waals surface area contributed by atoms with Gasteiger partial charge in [0.1, 0.15) is 0 Å². The van der Waals surface area contributed by atoms with Crippen LogP contribution in [0.15, 0.2) is 101 Å². The first kappa shape index (κ1) is 27.5.